The van der Waals surface area contributed by atoms with Crippen molar-refractivity contribution in [3.8, 4) is 0 Å². The number of primary sulfonamides is 1. The summed E-state index contributed by atoms with van der Waals surface area (Å²) in [7, 11) is -7.69. The van der Waals surface area contributed by atoms with Gasteiger partial charge in [-0.05, 0) is 68.5 Å². The topological polar surface area (TPSA) is 127 Å². The zero-order valence-electron chi connectivity index (χ0n) is 18.5. The average Bonchev–Trinajstić information content (AvgIpc) is 2.73. The van der Waals surface area contributed by atoms with Crippen molar-refractivity contribution in [2.45, 2.75) is 62.3 Å². The highest BCUT2D eigenvalue weighted by Gasteiger charge is 2.31. The van der Waals surface area contributed by atoms with Crippen LogP contribution in [0.25, 0.3) is 0 Å². The third kappa shape index (κ3) is 5.03. The Morgan fingerprint density at radius 3 is 2.47 bits per heavy atom. The lowest BCUT2D eigenvalue weighted by molar-refractivity contribution is 0.102. The molecule has 1 aliphatic rings. The van der Waals surface area contributed by atoms with Gasteiger partial charge in [-0.3, -0.25) is 4.79 Å². The number of amides is 1. The molecule has 3 rings (SSSR count). The predicted octanol–water partition coefficient (Wildman–Crippen LogP) is 3.02. The summed E-state index contributed by atoms with van der Waals surface area (Å²) >= 11 is 0. The third-order valence-corrected chi connectivity index (χ3v) is 8.82. The minimum absolute atomic E-state index is 0.0510. The van der Waals surface area contributed by atoms with E-state index in [1.165, 1.54) is 22.5 Å². The van der Waals surface area contributed by atoms with Crippen LogP contribution in [0, 0.1) is 6.92 Å². The molecule has 1 saturated heterocycles. The SMILES string of the molecule is CCc1ccc(NC(=O)c2cc(S(=O)(=O)N3CCCCC3C)ccc2C)cc1S(N)(=O)=O. The maximum atomic E-state index is 13.2. The van der Waals surface area contributed by atoms with Crippen molar-refractivity contribution in [2.24, 2.45) is 5.14 Å². The van der Waals surface area contributed by atoms with Gasteiger partial charge >= 0.3 is 0 Å². The molecule has 2 aromatic rings. The Hall–Kier alpha value is -2.27. The number of aryl methyl sites for hydroxylation is 2. The summed E-state index contributed by atoms with van der Waals surface area (Å²) in [6, 6.07) is 8.91. The van der Waals surface area contributed by atoms with Gasteiger partial charge in [-0.25, -0.2) is 22.0 Å². The summed E-state index contributed by atoms with van der Waals surface area (Å²) in [6.07, 6.45) is 3.07. The number of sulfonamides is 2. The molecule has 1 amide bonds. The molecule has 2 aromatic carbocycles. The molecule has 32 heavy (non-hydrogen) atoms. The zero-order valence-corrected chi connectivity index (χ0v) is 20.1. The first-order chi connectivity index (χ1) is 14.9. The van der Waals surface area contributed by atoms with E-state index in [0.717, 1.165) is 19.3 Å². The summed E-state index contributed by atoms with van der Waals surface area (Å²) in [5.74, 6) is -0.532. The first-order valence-electron chi connectivity index (χ1n) is 10.5. The van der Waals surface area contributed by atoms with Crippen LogP contribution in [0.5, 0.6) is 0 Å². The smallest absolute Gasteiger partial charge is 0.255 e. The highest BCUT2D eigenvalue weighted by Crippen LogP contribution is 2.27. The minimum atomic E-state index is -3.96. The van der Waals surface area contributed by atoms with E-state index < -0.39 is 26.0 Å². The standard InChI is InChI=1S/C22H29N3O5S2/c1-4-17-9-10-18(13-21(17)31(23,27)28)24-22(26)20-14-19(11-8-15(20)2)32(29,30)25-12-6-5-7-16(25)3/h8-11,13-14,16H,4-7,12H2,1-3H3,(H,24,26)(H2,23,27,28). The molecule has 0 spiro atoms. The van der Waals surface area contributed by atoms with Crippen LogP contribution in [0.15, 0.2) is 46.2 Å². The van der Waals surface area contributed by atoms with Gasteiger partial charge in [-0.1, -0.05) is 25.5 Å². The Kier molecular flexibility index (Phi) is 7.09. The minimum Gasteiger partial charge on any atom is -0.322 e. The fourth-order valence-corrected chi connectivity index (χ4v) is 6.55. The molecule has 8 nitrogen and oxygen atoms in total. The van der Waals surface area contributed by atoms with E-state index in [1.54, 1.807) is 32.0 Å². The third-order valence-electron chi connectivity index (χ3n) is 5.81. The van der Waals surface area contributed by atoms with Crippen LogP contribution in [0.4, 0.5) is 5.69 Å². The number of piperidine rings is 1. The van der Waals surface area contributed by atoms with Gasteiger partial charge in [0.1, 0.15) is 0 Å². The Labute approximate surface area is 189 Å². The lowest BCUT2D eigenvalue weighted by Crippen LogP contribution is -2.42. The summed E-state index contributed by atoms with van der Waals surface area (Å²) in [5, 5.41) is 7.97. The van der Waals surface area contributed by atoms with Gasteiger partial charge in [0.2, 0.25) is 20.0 Å². The van der Waals surface area contributed by atoms with Crippen molar-refractivity contribution in [1.29, 1.82) is 0 Å². The molecule has 1 unspecified atom stereocenters. The van der Waals surface area contributed by atoms with Crippen molar-refractivity contribution < 1.29 is 21.6 Å². The molecule has 3 N–H and O–H groups in total. The number of rotatable bonds is 6. The van der Waals surface area contributed by atoms with Crippen LogP contribution in [0.3, 0.4) is 0 Å². The van der Waals surface area contributed by atoms with E-state index in [2.05, 4.69) is 5.32 Å². The molecule has 1 aliphatic heterocycles. The number of nitrogens with two attached hydrogens (primary N) is 1. The summed E-state index contributed by atoms with van der Waals surface area (Å²) in [4.78, 5) is 13.0. The van der Waals surface area contributed by atoms with E-state index in [0.29, 0.717) is 24.1 Å². The predicted molar refractivity (Wildman–Crippen MR) is 124 cm³/mol. The molecule has 0 radical (unpaired) electrons. The van der Waals surface area contributed by atoms with E-state index in [4.69, 9.17) is 5.14 Å². The van der Waals surface area contributed by atoms with E-state index in [1.807, 2.05) is 6.92 Å². The van der Waals surface area contributed by atoms with E-state index >= 15 is 0 Å². The molecular weight excluding hydrogens is 450 g/mol. The number of hydrogen-bond acceptors (Lipinski definition) is 5. The Morgan fingerprint density at radius 1 is 1.12 bits per heavy atom. The van der Waals surface area contributed by atoms with Crippen LogP contribution in [0.2, 0.25) is 0 Å². The number of benzene rings is 2. The molecule has 0 saturated carbocycles. The first-order valence-corrected chi connectivity index (χ1v) is 13.5. The highest BCUT2D eigenvalue weighted by molar-refractivity contribution is 7.89. The van der Waals surface area contributed by atoms with Crippen molar-refractivity contribution in [3.05, 3.63) is 53.1 Å². The molecule has 0 bridgehead atoms. The molecule has 0 aromatic heterocycles. The molecule has 0 aliphatic carbocycles. The number of carbonyl (C=O) groups excluding carboxylic acids is 1. The van der Waals surface area contributed by atoms with Crippen LogP contribution < -0.4 is 10.5 Å². The van der Waals surface area contributed by atoms with Crippen LogP contribution in [-0.4, -0.2) is 39.6 Å². The highest BCUT2D eigenvalue weighted by atomic mass is 32.2. The van der Waals surface area contributed by atoms with Crippen LogP contribution >= 0.6 is 0 Å². The van der Waals surface area contributed by atoms with E-state index in [9.17, 15) is 21.6 Å². The average molecular weight is 480 g/mol. The molecule has 1 atom stereocenters. The van der Waals surface area contributed by atoms with E-state index in [-0.39, 0.29) is 27.1 Å². The van der Waals surface area contributed by atoms with Gasteiger partial charge in [-0.15, -0.1) is 0 Å². The zero-order chi connectivity index (χ0) is 23.7. The van der Waals surface area contributed by atoms with Gasteiger partial charge in [0.05, 0.1) is 9.79 Å². The van der Waals surface area contributed by atoms with Gasteiger partial charge in [0.15, 0.2) is 0 Å². The van der Waals surface area contributed by atoms with Crippen LogP contribution in [0.1, 0.15) is 54.6 Å². The molecule has 1 fully saturated rings. The quantitative estimate of drug-likeness (QED) is 0.658. The maximum Gasteiger partial charge on any atom is 0.255 e. The number of nitrogens with zero attached hydrogens (tertiary/aromatic N) is 1. The summed E-state index contributed by atoms with van der Waals surface area (Å²) in [6.45, 7) is 5.87. The number of carbonyl (C=O) groups is 1. The molecule has 174 valence electrons. The maximum absolute atomic E-state index is 13.2. The molecule has 10 heteroatoms. The summed E-state index contributed by atoms with van der Waals surface area (Å²) < 4.78 is 51.7. The fraction of sp³-hybridized carbons (Fsp3) is 0.409. The van der Waals surface area contributed by atoms with Crippen molar-refractivity contribution in [3.63, 3.8) is 0 Å². The summed E-state index contributed by atoms with van der Waals surface area (Å²) in [5.41, 5.74) is 1.61. The monoisotopic (exact) mass is 479 g/mol. The van der Waals surface area contributed by atoms with Gasteiger partial charge in [-0.2, -0.15) is 4.31 Å². The largest absolute Gasteiger partial charge is 0.322 e. The van der Waals surface area contributed by atoms with Gasteiger partial charge < -0.3 is 5.32 Å². The number of anilines is 1. The second-order valence-corrected chi connectivity index (χ2v) is 11.5. The second kappa shape index (κ2) is 9.30. The molecule has 1 heterocycles. The van der Waals surface area contributed by atoms with Crippen molar-refractivity contribution >= 4 is 31.6 Å². The Morgan fingerprint density at radius 2 is 1.84 bits per heavy atom. The first kappa shape index (κ1) is 24.4. The normalized spacial score (nSPS) is 17.8. The Balaban J connectivity index is 1.93. The lowest BCUT2D eigenvalue weighted by Gasteiger charge is -2.32. The van der Waals surface area contributed by atoms with Crippen LogP contribution in [-0.2, 0) is 26.5 Å². The number of hydrogen-bond donors (Lipinski definition) is 2. The van der Waals surface area contributed by atoms with Gasteiger partial charge in [0, 0.05) is 23.8 Å². The van der Waals surface area contributed by atoms with Crippen molar-refractivity contribution in [2.75, 3.05) is 11.9 Å². The lowest BCUT2D eigenvalue weighted by atomic mass is 10.1. The number of nitrogens with one attached hydrogen (secondary N) is 1. The Bertz CT molecular complexity index is 1240. The van der Waals surface area contributed by atoms with Gasteiger partial charge in [0.25, 0.3) is 5.91 Å². The second-order valence-electron chi connectivity index (χ2n) is 8.11. The fourth-order valence-electron chi connectivity index (χ4n) is 3.96. The molecular formula is C22H29N3O5S2. The van der Waals surface area contributed by atoms with Crippen molar-refractivity contribution in [1.82, 2.24) is 4.31 Å².